The van der Waals surface area contributed by atoms with Crippen LogP contribution in [-0.2, 0) is 25.6 Å². The van der Waals surface area contributed by atoms with Crippen LogP contribution in [-0.4, -0.2) is 68.9 Å². The number of nitrogens with zero attached hydrogens (tertiary/aromatic N) is 3. The number of benzene rings is 1. The van der Waals surface area contributed by atoms with Gasteiger partial charge in [-0.15, -0.1) is 23.1 Å². The number of aromatic nitrogens is 1. The molecule has 3 atom stereocenters. The number of para-hydroxylation sites is 1. The Bertz CT molecular complexity index is 1230. The van der Waals surface area contributed by atoms with Crippen molar-refractivity contribution in [2.45, 2.75) is 23.9 Å². The highest BCUT2D eigenvalue weighted by atomic mass is 32.2. The van der Waals surface area contributed by atoms with Gasteiger partial charge in [0, 0.05) is 23.1 Å². The number of carbonyl (C=O) groups excluding carboxylic acids is 2. The minimum atomic E-state index is -1.21. The first-order valence-electron chi connectivity index (χ1n) is 10.2. The van der Waals surface area contributed by atoms with E-state index in [-0.39, 0.29) is 22.2 Å². The first-order valence-corrected chi connectivity index (χ1v) is 12.1. The maximum Gasteiger partial charge on any atom is 0.352 e. The van der Waals surface area contributed by atoms with E-state index in [4.69, 9.17) is 15.3 Å². The monoisotopic (exact) mass is 501 g/mol. The van der Waals surface area contributed by atoms with Crippen molar-refractivity contribution in [1.82, 2.24) is 15.2 Å². The van der Waals surface area contributed by atoms with E-state index in [0.717, 1.165) is 16.9 Å². The molecule has 1 fully saturated rings. The molecule has 0 radical (unpaired) electrons. The van der Waals surface area contributed by atoms with Gasteiger partial charge in [0.15, 0.2) is 10.8 Å². The summed E-state index contributed by atoms with van der Waals surface area (Å²) < 4.78 is 5.98. The number of ether oxygens (including phenoxy) is 1. The quantitative estimate of drug-likeness (QED) is 0.296. The van der Waals surface area contributed by atoms with E-state index in [9.17, 15) is 19.5 Å². The standard InChI is InChI=1S/C21H19N5O6S2/c1-31-25-14(11-8-34-21(22)23-11)17(27)24-15-18(28)26-16(20(29)30)10(7-33-19(15)26)13-6-9-4-2-3-5-12(9)32-13/h2-5,8,13,15,19H,6-7H2,1H3,(H2,22,23)(H,24,27)(H,29,30)/t13-,15-,19-/m1/s1. The van der Waals surface area contributed by atoms with Crippen LogP contribution in [0.4, 0.5) is 5.13 Å². The van der Waals surface area contributed by atoms with E-state index in [1.807, 2.05) is 24.3 Å². The predicted octanol–water partition coefficient (Wildman–Crippen LogP) is 0.818. The molecule has 5 rings (SSSR count). The molecule has 2 aromatic rings. The number of thioether (sulfide) groups is 1. The van der Waals surface area contributed by atoms with Gasteiger partial charge in [-0.1, -0.05) is 23.4 Å². The number of carboxylic acid groups (broad SMARTS) is 1. The minimum absolute atomic E-state index is 0.0879. The Kier molecular flexibility index (Phi) is 5.65. The van der Waals surface area contributed by atoms with Gasteiger partial charge in [0.2, 0.25) is 0 Å². The van der Waals surface area contributed by atoms with Crippen molar-refractivity contribution < 1.29 is 29.1 Å². The molecule has 3 aliphatic heterocycles. The summed E-state index contributed by atoms with van der Waals surface area (Å²) in [5.74, 6) is -1.34. The number of hydrogen-bond acceptors (Lipinski definition) is 10. The highest BCUT2D eigenvalue weighted by Gasteiger charge is 2.55. The lowest BCUT2D eigenvalue weighted by Crippen LogP contribution is -2.71. The maximum absolute atomic E-state index is 13.0. The summed E-state index contributed by atoms with van der Waals surface area (Å²) in [6, 6.07) is 6.60. The molecule has 1 aromatic carbocycles. The third-order valence-corrected chi connectivity index (χ3v) is 7.66. The van der Waals surface area contributed by atoms with Gasteiger partial charge in [-0.25, -0.2) is 9.78 Å². The van der Waals surface area contributed by atoms with Crippen molar-refractivity contribution >= 4 is 51.7 Å². The smallest absolute Gasteiger partial charge is 0.352 e. The van der Waals surface area contributed by atoms with Gasteiger partial charge in [-0.05, 0) is 11.6 Å². The van der Waals surface area contributed by atoms with Crippen molar-refractivity contribution in [3.05, 3.63) is 52.2 Å². The summed E-state index contributed by atoms with van der Waals surface area (Å²) in [5, 5.41) is 17.5. The topological polar surface area (TPSA) is 156 Å². The van der Waals surface area contributed by atoms with E-state index >= 15 is 0 Å². The molecule has 3 aliphatic rings. The van der Waals surface area contributed by atoms with E-state index in [1.54, 1.807) is 5.38 Å². The fraction of sp³-hybridized carbons (Fsp3) is 0.286. The summed E-state index contributed by atoms with van der Waals surface area (Å²) in [6.07, 6.45) is 0.0671. The molecular weight excluding hydrogens is 482 g/mol. The van der Waals surface area contributed by atoms with Crippen molar-refractivity contribution in [1.29, 1.82) is 0 Å². The van der Waals surface area contributed by atoms with Crippen LogP contribution in [0.2, 0.25) is 0 Å². The lowest BCUT2D eigenvalue weighted by molar-refractivity contribution is -0.150. The van der Waals surface area contributed by atoms with Crippen LogP contribution in [0.5, 0.6) is 5.75 Å². The number of fused-ring (bicyclic) bond motifs is 2. The first-order chi connectivity index (χ1) is 16.4. The molecule has 4 heterocycles. The van der Waals surface area contributed by atoms with Crippen LogP contribution in [0.15, 0.2) is 46.1 Å². The van der Waals surface area contributed by atoms with Crippen molar-refractivity contribution in [2.24, 2.45) is 5.16 Å². The zero-order valence-electron chi connectivity index (χ0n) is 17.8. The summed E-state index contributed by atoms with van der Waals surface area (Å²) in [4.78, 5) is 48.0. The summed E-state index contributed by atoms with van der Waals surface area (Å²) in [6.45, 7) is 0. The molecular formula is C21H19N5O6S2. The molecule has 0 saturated carbocycles. The van der Waals surface area contributed by atoms with Gasteiger partial charge in [-0.2, -0.15) is 0 Å². The van der Waals surface area contributed by atoms with Crippen LogP contribution in [0.1, 0.15) is 11.3 Å². The Morgan fingerprint density at radius 1 is 1.38 bits per heavy atom. The first kappa shape index (κ1) is 22.2. The van der Waals surface area contributed by atoms with Crippen LogP contribution >= 0.6 is 23.1 Å². The second-order valence-electron chi connectivity index (χ2n) is 7.65. The fourth-order valence-corrected chi connectivity index (χ4v) is 6.12. The van der Waals surface area contributed by atoms with E-state index in [2.05, 4.69) is 15.5 Å². The van der Waals surface area contributed by atoms with Crippen LogP contribution < -0.4 is 15.8 Å². The third kappa shape index (κ3) is 3.66. The van der Waals surface area contributed by atoms with Crippen LogP contribution in [0.3, 0.4) is 0 Å². The molecule has 1 aromatic heterocycles. The second-order valence-corrected chi connectivity index (χ2v) is 9.65. The molecule has 0 aliphatic carbocycles. The Hall–Kier alpha value is -3.58. The van der Waals surface area contributed by atoms with E-state index in [1.165, 1.54) is 23.8 Å². The average Bonchev–Trinajstić information content (AvgIpc) is 3.45. The molecule has 2 amide bonds. The van der Waals surface area contributed by atoms with Crippen LogP contribution in [0, 0.1) is 0 Å². The van der Waals surface area contributed by atoms with Crippen LogP contribution in [0.25, 0.3) is 0 Å². The molecule has 0 unspecified atom stereocenters. The van der Waals surface area contributed by atoms with Gasteiger partial charge in [-0.3, -0.25) is 14.5 Å². The Balaban J connectivity index is 1.36. The largest absolute Gasteiger partial charge is 0.485 e. The summed E-state index contributed by atoms with van der Waals surface area (Å²) in [5.41, 5.74) is 7.17. The number of nitrogens with one attached hydrogen (secondary N) is 1. The number of β-lactam (4-membered cyclic amide) rings is 1. The number of nitrogen functional groups attached to an aromatic ring is 1. The number of carboxylic acids is 1. The zero-order valence-corrected chi connectivity index (χ0v) is 19.4. The molecule has 13 heteroatoms. The number of carbonyl (C=O) groups is 3. The molecule has 4 N–H and O–H groups in total. The summed E-state index contributed by atoms with van der Waals surface area (Å²) >= 11 is 2.50. The van der Waals surface area contributed by atoms with E-state index in [0.29, 0.717) is 23.5 Å². The number of oxime groups is 1. The van der Waals surface area contributed by atoms with Gasteiger partial charge in [0.05, 0.1) is 0 Å². The minimum Gasteiger partial charge on any atom is -0.485 e. The molecule has 0 bridgehead atoms. The Labute approximate surface area is 201 Å². The van der Waals surface area contributed by atoms with Crippen molar-refractivity contribution in [3.8, 4) is 5.75 Å². The predicted molar refractivity (Wildman–Crippen MR) is 124 cm³/mol. The number of anilines is 1. The zero-order chi connectivity index (χ0) is 24.0. The third-order valence-electron chi connectivity index (χ3n) is 5.68. The number of amides is 2. The molecule has 176 valence electrons. The Morgan fingerprint density at radius 2 is 2.18 bits per heavy atom. The van der Waals surface area contributed by atoms with Gasteiger partial charge < -0.3 is 25.7 Å². The van der Waals surface area contributed by atoms with Gasteiger partial charge in [0.1, 0.15) is 41.8 Å². The fourth-order valence-electron chi connectivity index (χ4n) is 4.17. The molecule has 0 spiro atoms. The number of hydrogen-bond donors (Lipinski definition) is 3. The van der Waals surface area contributed by atoms with Crippen molar-refractivity contribution in [3.63, 3.8) is 0 Å². The average molecular weight is 502 g/mol. The maximum atomic E-state index is 13.0. The summed E-state index contributed by atoms with van der Waals surface area (Å²) in [7, 11) is 1.28. The number of rotatable bonds is 6. The number of thiazole rings is 1. The molecule has 11 nitrogen and oxygen atoms in total. The normalized spacial score (nSPS) is 23.6. The molecule has 34 heavy (non-hydrogen) atoms. The Morgan fingerprint density at radius 3 is 2.85 bits per heavy atom. The van der Waals surface area contributed by atoms with Crippen molar-refractivity contribution in [2.75, 3.05) is 18.6 Å². The SMILES string of the molecule is CON=C(C(=O)N[C@@H]1C(=O)N2C(C(=O)O)=C([C@H]3Cc4ccccc4O3)CS[C@H]12)c1csc(N)n1. The van der Waals surface area contributed by atoms with E-state index < -0.39 is 35.3 Å². The number of nitrogens with two attached hydrogens (primary N) is 1. The highest BCUT2D eigenvalue weighted by molar-refractivity contribution is 8.00. The molecule has 1 saturated heterocycles. The lowest BCUT2D eigenvalue weighted by atomic mass is 9.98. The lowest BCUT2D eigenvalue weighted by Gasteiger charge is -2.49. The second kappa shape index (κ2) is 8.65. The number of aliphatic carboxylic acids is 1. The highest BCUT2D eigenvalue weighted by Crippen LogP contribution is 2.43. The van der Waals surface area contributed by atoms with Gasteiger partial charge in [0.25, 0.3) is 11.8 Å². The van der Waals surface area contributed by atoms with Gasteiger partial charge >= 0.3 is 5.97 Å².